The van der Waals surface area contributed by atoms with Crippen molar-refractivity contribution in [3.63, 3.8) is 0 Å². The Balaban J connectivity index is 2.50. The van der Waals surface area contributed by atoms with E-state index in [1.807, 2.05) is 0 Å². The topological polar surface area (TPSA) is 73.3 Å². The molecule has 1 aromatic rings. The lowest BCUT2D eigenvalue weighted by Crippen LogP contribution is -2.48. The van der Waals surface area contributed by atoms with Crippen molar-refractivity contribution >= 4 is 8.32 Å². The van der Waals surface area contributed by atoms with Crippen molar-refractivity contribution in [2.24, 2.45) is 11.8 Å². The summed E-state index contributed by atoms with van der Waals surface area (Å²) >= 11 is 0. The van der Waals surface area contributed by atoms with Crippen molar-refractivity contribution in [3.8, 4) is 0 Å². The molecule has 0 spiro atoms. The van der Waals surface area contributed by atoms with Gasteiger partial charge in [0.2, 0.25) is 0 Å². The Morgan fingerprint density at radius 2 is 1.85 bits per heavy atom. The zero-order valence-corrected chi connectivity index (χ0v) is 18.5. The molecular weight excluding hydrogens is 348 g/mol. The normalized spacial score (nSPS) is 27.3. The fraction of sp³-hybridized carbons (Fsp3) is 0.789. The van der Waals surface area contributed by atoms with Gasteiger partial charge < -0.3 is 9.16 Å². The van der Waals surface area contributed by atoms with Gasteiger partial charge in [0.05, 0.1) is 12.2 Å². The monoisotopic (exact) mass is 382 g/mol. The van der Waals surface area contributed by atoms with Gasteiger partial charge >= 0.3 is 5.69 Å². The second kappa shape index (κ2) is 7.09. The summed E-state index contributed by atoms with van der Waals surface area (Å²) < 4.78 is 14.5. The lowest BCUT2D eigenvalue weighted by Gasteiger charge is -2.40. The highest BCUT2D eigenvalue weighted by Crippen LogP contribution is 2.44. The molecule has 1 aliphatic heterocycles. The largest absolute Gasteiger partial charge is 0.409 e. The molecule has 0 amide bonds. The van der Waals surface area contributed by atoms with Crippen LogP contribution in [-0.2, 0) is 9.16 Å². The third-order valence-corrected chi connectivity index (χ3v) is 10.4. The summed E-state index contributed by atoms with van der Waals surface area (Å²) in [4.78, 5) is 26.6. The van der Waals surface area contributed by atoms with Crippen LogP contribution in [0.3, 0.4) is 0 Å². The fourth-order valence-electron chi connectivity index (χ4n) is 3.25. The molecular formula is C19H34N2O4Si. The van der Waals surface area contributed by atoms with Crippen molar-refractivity contribution in [2.75, 3.05) is 0 Å². The molecule has 2 rings (SSSR count). The number of hydrogen-bond donors (Lipinski definition) is 1. The van der Waals surface area contributed by atoms with Crippen LogP contribution in [0, 0.1) is 18.8 Å². The zero-order valence-electron chi connectivity index (χ0n) is 17.5. The van der Waals surface area contributed by atoms with E-state index in [9.17, 15) is 9.59 Å². The molecule has 2 unspecified atom stereocenters. The maximum Gasteiger partial charge on any atom is 0.330 e. The molecule has 1 saturated heterocycles. The SMILES string of the molecule is Cc1cn([C@@H]2O[C@H](C(C)C)C(C)C2O[Si](C)(C)C(C)(C)C)c(=O)[nH]c1=O. The predicted octanol–water partition coefficient (Wildman–Crippen LogP) is 3.42. The highest BCUT2D eigenvalue weighted by molar-refractivity contribution is 6.74. The molecule has 1 fully saturated rings. The molecule has 2 heterocycles. The molecule has 0 radical (unpaired) electrons. The van der Waals surface area contributed by atoms with Crippen LogP contribution in [-0.4, -0.2) is 30.1 Å². The molecule has 6 nitrogen and oxygen atoms in total. The van der Waals surface area contributed by atoms with Crippen LogP contribution in [0.1, 0.15) is 53.3 Å². The molecule has 0 aliphatic carbocycles. The van der Waals surface area contributed by atoms with Crippen molar-refractivity contribution in [3.05, 3.63) is 32.6 Å². The highest BCUT2D eigenvalue weighted by Gasteiger charge is 2.49. The van der Waals surface area contributed by atoms with Gasteiger partial charge in [-0.15, -0.1) is 0 Å². The molecule has 1 N–H and O–H groups in total. The Bertz CT molecular complexity index is 760. The second-order valence-electron chi connectivity index (χ2n) is 9.42. The van der Waals surface area contributed by atoms with Crippen molar-refractivity contribution < 1.29 is 9.16 Å². The number of hydrogen-bond acceptors (Lipinski definition) is 4. The van der Waals surface area contributed by atoms with Crippen molar-refractivity contribution in [1.82, 2.24) is 9.55 Å². The van der Waals surface area contributed by atoms with Crippen molar-refractivity contribution in [1.29, 1.82) is 0 Å². The lowest BCUT2D eigenvalue weighted by molar-refractivity contribution is -0.0495. The first-order valence-corrected chi connectivity index (χ1v) is 12.3. The molecule has 4 atom stereocenters. The van der Waals surface area contributed by atoms with Crippen molar-refractivity contribution in [2.45, 2.75) is 85.0 Å². The van der Waals surface area contributed by atoms with Crippen LogP contribution >= 0.6 is 0 Å². The summed E-state index contributed by atoms with van der Waals surface area (Å²) in [5.41, 5.74) is -0.328. The Labute approximate surface area is 157 Å². The average Bonchev–Trinajstić information content (AvgIpc) is 2.79. The van der Waals surface area contributed by atoms with Crippen LogP contribution in [0.5, 0.6) is 0 Å². The van der Waals surface area contributed by atoms with E-state index in [-0.39, 0.29) is 28.7 Å². The van der Waals surface area contributed by atoms with Crippen LogP contribution < -0.4 is 11.2 Å². The van der Waals surface area contributed by atoms with Gasteiger partial charge in [0.15, 0.2) is 14.5 Å². The van der Waals surface area contributed by atoms with Gasteiger partial charge in [-0.05, 0) is 31.0 Å². The van der Waals surface area contributed by atoms with Gasteiger partial charge in [-0.25, -0.2) is 4.79 Å². The number of rotatable bonds is 4. The maximum absolute atomic E-state index is 12.5. The molecule has 0 bridgehead atoms. The first kappa shape index (κ1) is 21.1. The third kappa shape index (κ3) is 3.89. The smallest absolute Gasteiger partial charge is 0.330 e. The Morgan fingerprint density at radius 1 is 1.27 bits per heavy atom. The minimum atomic E-state index is -2.06. The van der Waals surface area contributed by atoms with E-state index in [1.165, 1.54) is 4.57 Å². The Morgan fingerprint density at radius 3 is 2.35 bits per heavy atom. The number of nitrogens with one attached hydrogen (secondary N) is 1. The zero-order chi connectivity index (χ0) is 20.0. The molecule has 26 heavy (non-hydrogen) atoms. The van der Waals surface area contributed by atoms with Gasteiger partial charge in [-0.2, -0.15) is 0 Å². The second-order valence-corrected chi connectivity index (χ2v) is 14.2. The Hall–Kier alpha value is -1.18. The lowest BCUT2D eigenvalue weighted by atomic mass is 9.93. The summed E-state index contributed by atoms with van der Waals surface area (Å²) in [6.45, 7) is 19.1. The van der Waals surface area contributed by atoms with Gasteiger partial charge in [0.25, 0.3) is 5.56 Å². The summed E-state index contributed by atoms with van der Waals surface area (Å²) in [6.07, 6.45) is 0.818. The first-order chi connectivity index (χ1) is 11.8. The van der Waals surface area contributed by atoms with Crippen LogP contribution in [0.25, 0.3) is 0 Å². The molecule has 148 valence electrons. The van der Waals surface area contributed by atoms with E-state index in [4.69, 9.17) is 9.16 Å². The summed E-state index contributed by atoms with van der Waals surface area (Å²) in [5.74, 6) is 0.452. The number of aryl methyl sites for hydroxylation is 1. The molecule has 0 aromatic carbocycles. The minimum absolute atomic E-state index is 0.00565. The van der Waals surface area contributed by atoms with Crippen LogP contribution in [0.4, 0.5) is 0 Å². The highest BCUT2D eigenvalue weighted by atomic mass is 28.4. The van der Waals surface area contributed by atoms with E-state index in [0.717, 1.165) is 0 Å². The van der Waals surface area contributed by atoms with Crippen LogP contribution in [0.15, 0.2) is 15.8 Å². The van der Waals surface area contributed by atoms with E-state index in [1.54, 1.807) is 13.1 Å². The minimum Gasteiger partial charge on any atom is -0.409 e. The number of H-pyrrole nitrogens is 1. The standard InChI is InChI=1S/C19H34N2O4Si/c1-11(2)14-13(4)15(25-26(8,9)19(5,6)7)17(24-14)21-10-12(3)16(22)20-18(21)23/h10-11,13-15,17H,1-9H3,(H,20,22,23)/t13?,14-,15?,17-/m1/s1. The van der Waals surface area contributed by atoms with E-state index < -0.39 is 20.2 Å². The van der Waals surface area contributed by atoms with E-state index >= 15 is 0 Å². The van der Waals surface area contributed by atoms with E-state index in [2.05, 4.69) is 59.6 Å². The first-order valence-electron chi connectivity index (χ1n) is 9.41. The predicted molar refractivity (Wildman–Crippen MR) is 106 cm³/mol. The average molecular weight is 383 g/mol. The van der Waals surface area contributed by atoms with Gasteiger partial charge in [0.1, 0.15) is 0 Å². The quantitative estimate of drug-likeness (QED) is 0.810. The summed E-state index contributed by atoms with van der Waals surface area (Å²) in [5, 5.41) is 0.0546. The van der Waals surface area contributed by atoms with E-state index in [0.29, 0.717) is 11.5 Å². The number of ether oxygens (including phenoxy) is 1. The number of aromatic nitrogens is 2. The fourth-order valence-corrected chi connectivity index (χ4v) is 4.62. The van der Waals surface area contributed by atoms with Crippen LogP contribution in [0.2, 0.25) is 18.1 Å². The molecule has 7 heteroatoms. The molecule has 1 aromatic heterocycles. The van der Waals surface area contributed by atoms with Gasteiger partial charge in [0, 0.05) is 17.7 Å². The summed E-state index contributed by atoms with van der Waals surface area (Å²) in [6, 6.07) is 0. The molecule has 0 saturated carbocycles. The molecule has 1 aliphatic rings. The number of aromatic amines is 1. The Kier molecular flexibility index (Phi) is 5.76. The number of nitrogens with zero attached hydrogens (tertiary/aromatic N) is 1. The third-order valence-electron chi connectivity index (χ3n) is 5.93. The summed E-state index contributed by atoms with van der Waals surface area (Å²) in [7, 11) is -2.06. The maximum atomic E-state index is 12.5. The van der Waals surface area contributed by atoms with Gasteiger partial charge in [-0.1, -0.05) is 41.5 Å². The van der Waals surface area contributed by atoms with Gasteiger partial charge in [-0.3, -0.25) is 14.3 Å².